The average Bonchev–Trinajstić information content (AvgIpc) is 3.22. The molecule has 0 radical (unpaired) electrons. The van der Waals surface area contributed by atoms with Gasteiger partial charge in [0.15, 0.2) is 0 Å². The summed E-state index contributed by atoms with van der Waals surface area (Å²) in [6, 6.07) is 12.9. The van der Waals surface area contributed by atoms with Crippen molar-refractivity contribution < 1.29 is 23.5 Å². The number of aromatic nitrogens is 2. The Labute approximate surface area is 195 Å². The average molecular weight is 463 g/mol. The van der Waals surface area contributed by atoms with E-state index in [4.69, 9.17) is 4.74 Å². The molecule has 10 heteroatoms. The van der Waals surface area contributed by atoms with Gasteiger partial charge in [-0.2, -0.15) is 0 Å². The van der Waals surface area contributed by atoms with E-state index < -0.39 is 18.0 Å². The maximum atomic E-state index is 14.9. The lowest BCUT2D eigenvalue weighted by Crippen LogP contribution is -2.33. The Morgan fingerprint density at radius 2 is 2.00 bits per heavy atom. The molecule has 3 amide bonds. The molecule has 2 N–H and O–H groups in total. The van der Waals surface area contributed by atoms with Crippen LogP contribution in [0.4, 0.5) is 14.9 Å². The van der Waals surface area contributed by atoms with Gasteiger partial charge in [0.1, 0.15) is 17.6 Å². The molecule has 0 bridgehead atoms. The molecular weight excluding hydrogens is 441 g/mol. The highest BCUT2D eigenvalue weighted by Gasteiger charge is 2.32. The van der Waals surface area contributed by atoms with Crippen molar-refractivity contribution in [3.05, 3.63) is 78.1 Å². The van der Waals surface area contributed by atoms with Crippen molar-refractivity contribution in [2.75, 3.05) is 18.0 Å². The lowest BCUT2D eigenvalue weighted by molar-refractivity contribution is -0.119. The first-order valence-corrected chi connectivity index (χ1v) is 10.6. The maximum absolute atomic E-state index is 14.9. The normalized spacial score (nSPS) is 15.1. The third-order valence-electron chi connectivity index (χ3n) is 5.18. The van der Waals surface area contributed by atoms with Crippen LogP contribution in [0.1, 0.15) is 23.1 Å². The van der Waals surface area contributed by atoms with Gasteiger partial charge in [-0.15, -0.1) is 0 Å². The van der Waals surface area contributed by atoms with Gasteiger partial charge in [0.2, 0.25) is 5.91 Å². The number of nitrogens with zero attached hydrogens (tertiary/aromatic N) is 3. The standard InChI is InChI=1S/C24H22FN5O4/c1-15(31)27-13-19-14-30(24(33)34-19)18-6-7-20(21(25)10-18)16-5-8-22(28-11-16)23(32)29-12-17-4-2-3-9-26-17/h2-11,19H,12-14H2,1H3,(H,27,31)(H,29,32)/t19-/m0/s1. The van der Waals surface area contributed by atoms with Crippen LogP contribution in [0, 0.1) is 5.82 Å². The van der Waals surface area contributed by atoms with E-state index in [1.165, 1.54) is 36.2 Å². The van der Waals surface area contributed by atoms with Gasteiger partial charge >= 0.3 is 6.09 Å². The van der Waals surface area contributed by atoms with E-state index in [2.05, 4.69) is 20.6 Å². The first-order valence-electron chi connectivity index (χ1n) is 10.6. The summed E-state index contributed by atoms with van der Waals surface area (Å²) in [6.07, 6.45) is 1.94. The summed E-state index contributed by atoms with van der Waals surface area (Å²) in [6.45, 7) is 2.02. The fourth-order valence-corrected chi connectivity index (χ4v) is 3.45. The van der Waals surface area contributed by atoms with Crippen LogP contribution in [0.3, 0.4) is 0 Å². The van der Waals surface area contributed by atoms with Crippen molar-refractivity contribution in [3.8, 4) is 11.1 Å². The number of hydrogen-bond donors (Lipinski definition) is 2. The minimum absolute atomic E-state index is 0.186. The van der Waals surface area contributed by atoms with Crippen molar-refractivity contribution in [2.45, 2.75) is 19.6 Å². The highest BCUT2D eigenvalue weighted by molar-refractivity contribution is 5.92. The number of halogens is 1. The zero-order chi connectivity index (χ0) is 24.1. The Bertz CT molecular complexity index is 1200. The molecule has 0 saturated carbocycles. The molecule has 34 heavy (non-hydrogen) atoms. The molecule has 1 aliphatic heterocycles. The Hall–Kier alpha value is -4.34. The Balaban J connectivity index is 1.41. The van der Waals surface area contributed by atoms with E-state index in [1.54, 1.807) is 30.5 Å². The molecule has 1 atom stereocenters. The monoisotopic (exact) mass is 463 g/mol. The molecule has 0 aliphatic carbocycles. The molecule has 3 aromatic rings. The van der Waals surface area contributed by atoms with Gasteiger partial charge in [-0.3, -0.25) is 24.5 Å². The fourth-order valence-electron chi connectivity index (χ4n) is 3.45. The Kier molecular flexibility index (Phi) is 6.77. The molecule has 174 valence electrons. The first-order chi connectivity index (χ1) is 16.4. The van der Waals surface area contributed by atoms with E-state index in [0.717, 1.165) is 5.69 Å². The van der Waals surface area contributed by atoms with Crippen LogP contribution in [0.2, 0.25) is 0 Å². The molecule has 0 unspecified atom stereocenters. The Morgan fingerprint density at radius 1 is 1.15 bits per heavy atom. The molecule has 1 saturated heterocycles. The van der Waals surface area contributed by atoms with Crippen molar-refractivity contribution >= 4 is 23.6 Å². The number of anilines is 1. The van der Waals surface area contributed by atoms with Gasteiger partial charge in [0.05, 0.1) is 31.0 Å². The predicted molar refractivity (Wildman–Crippen MR) is 121 cm³/mol. The van der Waals surface area contributed by atoms with Crippen molar-refractivity contribution in [1.29, 1.82) is 0 Å². The molecule has 1 fully saturated rings. The van der Waals surface area contributed by atoms with Gasteiger partial charge in [-0.05, 0) is 36.4 Å². The maximum Gasteiger partial charge on any atom is 0.414 e. The molecule has 1 aromatic carbocycles. The second-order valence-corrected chi connectivity index (χ2v) is 7.65. The zero-order valence-electron chi connectivity index (χ0n) is 18.3. The summed E-state index contributed by atoms with van der Waals surface area (Å²) >= 11 is 0. The first kappa shape index (κ1) is 22.8. The topological polar surface area (TPSA) is 114 Å². The third-order valence-corrected chi connectivity index (χ3v) is 5.18. The minimum Gasteiger partial charge on any atom is -0.442 e. The van der Waals surface area contributed by atoms with E-state index in [-0.39, 0.29) is 42.7 Å². The SMILES string of the molecule is CC(=O)NC[C@H]1CN(c2ccc(-c3ccc(C(=O)NCc4ccccn4)nc3)c(F)c2)C(=O)O1. The van der Waals surface area contributed by atoms with Gasteiger partial charge in [-0.25, -0.2) is 9.18 Å². The second-order valence-electron chi connectivity index (χ2n) is 7.65. The van der Waals surface area contributed by atoms with Crippen molar-refractivity contribution in [3.63, 3.8) is 0 Å². The number of ether oxygens (including phenoxy) is 1. The molecule has 2 aromatic heterocycles. The van der Waals surface area contributed by atoms with Gasteiger partial charge in [0.25, 0.3) is 5.91 Å². The number of carbonyl (C=O) groups excluding carboxylic acids is 3. The summed E-state index contributed by atoms with van der Waals surface area (Å²) < 4.78 is 20.1. The van der Waals surface area contributed by atoms with E-state index in [1.807, 2.05) is 6.07 Å². The Morgan fingerprint density at radius 3 is 2.68 bits per heavy atom. The zero-order valence-corrected chi connectivity index (χ0v) is 18.3. The number of amides is 3. The van der Waals surface area contributed by atoms with Crippen molar-refractivity contribution in [2.24, 2.45) is 0 Å². The molecule has 4 rings (SSSR count). The summed E-state index contributed by atoms with van der Waals surface area (Å²) in [5.41, 5.74) is 2.02. The van der Waals surface area contributed by atoms with E-state index in [0.29, 0.717) is 11.3 Å². The number of cyclic esters (lactones) is 1. The third kappa shape index (κ3) is 5.34. The van der Waals surface area contributed by atoms with Crippen LogP contribution in [-0.4, -0.2) is 47.1 Å². The highest BCUT2D eigenvalue weighted by atomic mass is 19.1. The van der Waals surface area contributed by atoms with Crippen LogP contribution in [-0.2, 0) is 16.1 Å². The lowest BCUT2D eigenvalue weighted by Gasteiger charge is -2.14. The summed E-state index contributed by atoms with van der Waals surface area (Å²) in [5.74, 6) is -1.14. The van der Waals surface area contributed by atoms with Gasteiger partial charge in [-0.1, -0.05) is 12.1 Å². The number of carbonyl (C=O) groups is 3. The van der Waals surface area contributed by atoms with Crippen LogP contribution in [0.15, 0.2) is 60.9 Å². The number of hydrogen-bond acceptors (Lipinski definition) is 6. The summed E-state index contributed by atoms with van der Waals surface area (Å²) in [5, 5.41) is 5.33. The predicted octanol–water partition coefficient (Wildman–Crippen LogP) is 2.67. The van der Waals surface area contributed by atoms with Crippen LogP contribution < -0.4 is 15.5 Å². The van der Waals surface area contributed by atoms with Gasteiger partial charge in [0, 0.05) is 30.4 Å². The molecule has 9 nitrogen and oxygen atoms in total. The van der Waals surface area contributed by atoms with Crippen LogP contribution >= 0.6 is 0 Å². The van der Waals surface area contributed by atoms with Crippen molar-refractivity contribution in [1.82, 2.24) is 20.6 Å². The van der Waals surface area contributed by atoms with Crippen LogP contribution in [0.5, 0.6) is 0 Å². The number of pyridine rings is 2. The largest absolute Gasteiger partial charge is 0.442 e. The highest BCUT2D eigenvalue weighted by Crippen LogP contribution is 2.29. The lowest BCUT2D eigenvalue weighted by atomic mass is 10.1. The second kappa shape index (κ2) is 10.1. The molecular formula is C24H22FN5O4. The number of nitrogens with one attached hydrogen (secondary N) is 2. The molecule has 1 aliphatic rings. The minimum atomic E-state index is -0.606. The van der Waals surface area contributed by atoms with E-state index in [9.17, 15) is 18.8 Å². The number of benzene rings is 1. The molecule has 3 heterocycles. The van der Waals surface area contributed by atoms with Gasteiger partial charge < -0.3 is 15.4 Å². The van der Waals surface area contributed by atoms with Crippen LogP contribution in [0.25, 0.3) is 11.1 Å². The molecule has 0 spiro atoms. The summed E-state index contributed by atoms with van der Waals surface area (Å²) in [7, 11) is 0. The van der Waals surface area contributed by atoms with E-state index >= 15 is 0 Å². The smallest absolute Gasteiger partial charge is 0.414 e. The number of rotatable bonds is 7. The summed E-state index contributed by atoms with van der Waals surface area (Å²) in [4.78, 5) is 45.1. The fraction of sp³-hybridized carbons (Fsp3) is 0.208. The quantitative estimate of drug-likeness (QED) is 0.557.